The highest BCUT2D eigenvalue weighted by atomic mass is 35.5. The number of amides is 1. The van der Waals surface area contributed by atoms with E-state index in [1.54, 1.807) is 11.0 Å². The molecule has 1 fully saturated rings. The third-order valence-electron chi connectivity index (χ3n) is 4.82. The number of anilines is 1. The molecule has 1 amide bonds. The lowest BCUT2D eigenvalue weighted by atomic mass is 10.1. The van der Waals surface area contributed by atoms with Gasteiger partial charge in [-0.15, -0.1) is 0 Å². The second-order valence-electron chi connectivity index (χ2n) is 6.93. The second kappa shape index (κ2) is 8.67. The van der Waals surface area contributed by atoms with Gasteiger partial charge in [0.15, 0.2) is 0 Å². The fourth-order valence-electron chi connectivity index (χ4n) is 3.32. The van der Waals surface area contributed by atoms with Crippen molar-refractivity contribution in [1.82, 2.24) is 14.9 Å². The molecule has 0 bridgehead atoms. The Hall–Kier alpha value is -3.19. The maximum atomic E-state index is 13.3. The number of rotatable bonds is 4. The molecule has 30 heavy (non-hydrogen) atoms. The van der Waals surface area contributed by atoms with E-state index >= 15 is 0 Å². The summed E-state index contributed by atoms with van der Waals surface area (Å²) in [7, 11) is 0. The third-order valence-corrected chi connectivity index (χ3v) is 5.13. The summed E-state index contributed by atoms with van der Waals surface area (Å²) < 4.78 is 19.1. The molecule has 2 aromatic carbocycles. The van der Waals surface area contributed by atoms with Crippen LogP contribution >= 0.6 is 11.6 Å². The highest BCUT2D eigenvalue weighted by molar-refractivity contribution is 6.33. The van der Waals surface area contributed by atoms with Crippen molar-refractivity contribution in [2.45, 2.75) is 6.92 Å². The fourth-order valence-corrected chi connectivity index (χ4v) is 3.57. The molecule has 8 heteroatoms. The zero-order chi connectivity index (χ0) is 21.1. The average Bonchev–Trinajstić information content (AvgIpc) is 2.74. The van der Waals surface area contributed by atoms with E-state index in [0.717, 1.165) is 11.9 Å². The van der Waals surface area contributed by atoms with Crippen molar-refractivity contribution in [3.8, 4) is 11.6 Å². The Morgan fingerprint density at radius 2 is 1.77 bits per heavy atom. The van der Waals surface area contributed by atoms with E-state index in [9.17, 15) is 9.18 Å². The van der Waals surface area contributed by atoms with Crippen LogP contribution in [0.1, 0.15) is 16.2 Å². The van der Waals surface area contributed by atoms with E-state index in [1.807, 2.05) is 37.3 Å². The summed E-state index contributed by atoms with van der Waals surface area (Å²) in [4.78, 5) is 25.4. The van der Waals surface area contributed by atoms with Crippen molar-refractivity contribution in [2.24, 2.45) is 0 Å². The van der Waals surface area contributed by atoms with Gasteiger partial charge in [-0.2, -0.15) is 4.98 Å². The molecule has 0 spiro atoms. The predicted octanol–water partition coefficient (Wildman–Crippen LogP) is 4.33. The van der Waals surface area contributed by atoms with Crippen LogP contribution < -0.4 is 9.64 Å². The van der Waals surface area contributed by atoms with Crippen LogP contribution in [0.3, 0.4) is 0 Å². The van der Waals surface area contributed by atoms with Crippen LogP contribution in [0.5, 0.6) is 11.6 Å². The van der Waals surface area contributed by atoms with E-state index in [4.69, 9.17) is 16.3 Å². The number of nitrogens with zero attached hydrogens (tertiary/aromatic N) is 4. The van der Waals surface area contributed by atoms with Crippen LogP contribution in [0.15, 0.2) is 54.6 Å². The number of hydrogen-bond acceptors (Lipinski definition) is 5. The first-order chi connectivity index (χ1) is 14.5. The largest absolute Gasteiger partial charge is 0.439 e. The Kier molecular flexibility index (Phi) is 5.81. The van der Waals surface area contributed by atoms with Crippen molar-refractivity contribution in [1.29, 1.82) is 0 Å². The Morgan fingerprint density at radius 3 is 2.47 bits per heavy atom. The van der Waals surface area contributed by atoms with E-state index in [0.29, 0.717) is 49.2 Å². The number of ether oxygens (including phenoxy) is 1. The Labute approximate surface area is 178 Å². The molecule has 1 aliphatic rings. The molecule has 0 atom stereocenters. The zero-order valence-corrected chi connectivity index (χ0v) is 17.1. The molecule has 0 unspecified atom stereocenters. The average molecular weight is 427 g/mol. The lowest BCUT2D eigenvalue weighted by molar-refractivity contribution is 0.0746. The molecule has 6 nitrogen and oxygen atoms in total. The van der Waals surface area contributed by atoms with Gasteiger partial charge in [0.1, 0.15) is 23.2 Å². The van der Waals surface area contributed by atoms with Crippen LogP contribution in [0.4, 0.5) is 10.2 Å². The summed E-state index contributed by atoms with van der Waals surface area (Å²) in [5.74, 6) is 1.87. The van der Waals surface area contributed by atoms with Gasteiger partial charge in [0.05, 0.1) is 10.6 Å². The van der Waals surface area contributed by atoms with Crippen molar-refractivity contribution in [3.63, 3.8) is 0 Å². The zero-order valence-electron chi connectivity index (χ0n) is 16.4. The van der Waals surface area contributed by atoms with Gasteiger partial charge in [-0.05, 0) is 37.3 Å². The lowest BCUT2D eigenvalue weighted by Crippen LogP contribution is -2.49. The maximum absolute atomic E-state index is 13.3. The molecule has 154 valence electrons. The van der Waals surface area contributed by atoms with Gasteiger partial charge in [-0.3, -0.25) is 4.79 Å². The first-order valence-corrected chi connectivity index (χ1v) is 9.95. The molecule has 0 radical (unpaired) electrons. The van der Waals surface area contributed by atoms with Crippen LogP contribution in [-0.2, 0) is 0 Å². The van der Waals surface area contributed by atoms with Crippen LogP contribution in [0.25, 0.3) is 0 Å². The maximum Gasteiger partial charge on any atom is 0.255 e. The highest BCUT2D eigenvalue weighted by Gasteiger charge is 2.25. The number of benzene rings is 2. The normalized spacial score (nSPS) is 14.0. The van der Waals surface area contributed by atoms with Gasteiger partial charge in [0.2, 0.25) is 5.88 Å². The number of halogens is 2. The molecule has 0 N–H and O–H groups in total. The summed E-state index contributed by atoms with van der Waals surface area (Å²) in [6, 6.07) is 15.1. The molecule has 1 saturated heterocycles. The summed E-state index contributed by atoms with van der Waals surface area (Å²) in [6.45, 7) is 4.03. The Balaban J connectivity index is 1.44. The predicted molar refractivity (Wildman–Crippen MR) is 113 cm³/mol. The summed E-state index contributed by atoms with van der Waals surface area (Å²) in [5.41, 5.74) is 0.308. The molecule has 2 heterocycles. The van der Waals surface area contributed by atoms with Gasteiger partial charge >= 0.3 is 0 Å². The Bertz CT molecular complexity index is 1060. The van der Waals surface area contributed by atoms with Crippen LogP contribution in [0.2, 0.25) is 5.02 Å². The van der Waals surface area contributed by atoms with E-state index in [-0.39, 0.29) is 10.9 Å². The number of carbonyl (C=O) groups is 1. The van der Waals surface area contributed by atoms with Gasteiger partial charge in [0, 0.05) is 32.2 Å². The molecule has 4 rings (SSSR count). The first-order valence-electron chi connectivity index (χ1n) is 9.57. The minimum absolute atomic E-state index is 0.122. The topological polar surface area (TPSA) is 58.6 Å². The second-order valence-corrected chi connectivity index (χ2v) is 7.34. The van der Waals surface area contributed by atoms with Crippen LogP contribution in [0, 0.1) is 12.7 Å². The van der Waals surface area contributed by atoms with E-state index in [1.165, 1.54) is 12.1 Å². The Morgan fingerprint density at radius 1 is 1.03 bits per heavy atom. The SMILES string of the molecule is Cc1nc(Oc2ccccc2)cc(N2CCN(C(=O)c3ccc(F)cc3Cl)CC2)n1. The number of carbonyl (C=O) groups excluding carboxylic acids is 1. The van der Waals surface area contributed by atoms with E-state index in [2.05, 4.69) is 14.9 Å². The quantitative estimate of drug-likeness (QED) is 0.621. The number of aryl methyl sites for hydroxylation is 1. The summed E-state index contributed by atoms with van der Waals surface area (Å²) in [6.07, 6.45) is 0. The van der Waals surface area contributed by atoms with Gasteiger partial charge < -0.3 is 14.5 Å². The van der Waals surface area contributed by atoms with Crippen LogP contribution in [-0.4, -0.2) is 47.0 Å². The highest BCUT2D eigenvalue weighted by Crippen LogP contribution is 2.25. The first kappa shape index (κ1) is 20.1. The summed E-state index contributed by atoms with van der Waals surface area (Å²) >= 11 is 6.04. The molecule has 0 saturated carbocycles. The lowest BCUT2D eigenvalue weighted by Gasteiger charge is -2.35. The van der Waals surface area contributed by atoms with Crippen molar-refractivity contribution in [2.75, 3.05) is 31.1 Å². The number of aromatic nitrogens is 2. The fraction of sp³-hybridized carbons (Fsp3) is 0.227. The van der Waals surface area contributed by atoms with Crippen molar-refractivity contribution >= 4 is 23.3 Å². The number of piperazine rings is 1. The molecule has 1 aliphatic heterocycles. The smallest absolute Gasteiger partial charge is 0.255 e. The standard InChI is InChI=1S/C22H20ClFN4O2/c1-15-25-20(14-21(26-15)30-17-5-3-2-4-6-17)27-9-11-28(12-10-27)22(29)18-8-7-16(24)13-19(18)23/h2-8,13-14H,9-12H2,1H3. The molecular formula is C22H20ClFN4O2. The molecule has 1 aromatic heterocycles. The minimum Gasteiger partial charge on any atom is -0.439 e. The molecule has 0 aliphatic carbocycles. The molecule has 3 aromatic rings. The number of hydrogen-bond donors (Lipinski definition) is 0. The third kappa shape index (κ3) is 4.52. The number of para-hydroxylation sites is 1. The molecular weight excluding hydrogens is 407 g/mol. The van der Waals surface area contributed by atoms with Gasteiger partial charge in [-0.25, -0.2) is 9.37 Å². The monoisotopic (exact) mass is 426 g/mol. The van der Waals surface area contributed by atoms with E-state index < -0.39 is 5.82 Å². The van der Waals surface area contributed by atoms with Gasteiger partial charge in [-0.1, -0.05) is 29.8 Å². The van der Waals surface area contributed by atoms with Gasteiger partial charge in [0.25, 0.3) is 5.91 Å². The minimum atomic E-state index is -0.464. The van der Waals surface area contributed by atoms with Crippen molar-refractivity contribution in [3.05, 3.63) is 76.8 Å². The van der Waals surface area contributed by atoms with Crippen molar-refractivity contribution < 1.29 is 13.9 Å². The summed E-state index contributed by atoms with van der Waals surface area (Å²) in [5, 5.41) is 0.122.